The van der Waals surface area contributed by atoms with Gasteiger partial charge in [-0.15, -0.1) is 0 Å². The van der Waals surface area contributed by atoms with E-state index in [9.17, 15) is 0 Å². The molecule has 18 heavy (non-hydrogen) atoms. The maximum atomic E-state index is 5.89. The van der Waals surface area contributed by atoms with Gasteiger partial charge < -0.3 is 15.2 Å². The topological polar surface area (TPSA) is 44.5 Å². The van der Waals surface area contributed by atoms with Gasteiger partial charge in [0.25, 0.3) is 0 Å². The van der Waals surface area contributed by atoms with Crippen molar-refractivity contribution in [2.75, 3.05) is 13.3 Å². The molecular weight excluding hydrogens is 226 g/mol. The highest BCUT2D eigenvalue weighted by Crippen LogP contribution is 2.36. The van der Waals surface area contributed by atoms with Crippen molar-refractivity contribution in [3.63, 3.8) is 0 Å². The predicted molar refractivity (Wildman–Crippen MR) is 70.8 cm³/mol. The van der Waals surface area contributed by atoms with Gasteiger partial charge in [-0.25, -0.2) is 0 Å². The van der Waals surface area contributed by atoms with E-state index in [4.69, 9.17) is 15.2 Å². The van der Waals surface area contributed by atoms with Crippen molar-refractivity contribution in [1.82, 2.24) is 0 Å². The van der Waals surface area contributed by atoms with Crippen LogP contribution in [0.3, 0.4) is 0 Å². The molecule has 0 radical (unpaired) electrons. The van der Waals surface area contributed by atoms with E-state index >= 15 is 0 Å². The molecule has 0 saturated heterocycles. The van der Waals surface area contributed by atoms with E-state index < -0.39 is 0 Å². The van der Waals surface area contributed by atoms with Crippen LogP contribution in [0.4, 0.5) is 0 Å². The molecule has 98 valence electrons. The van der Waals surface area contributed by atoms with Crippen LogP contribution in [0.15, 0.2) is 18.2 Å². The van der Waals surface area contributed by atoms with Crippen molar-refractivity contribution in [1.29, 1.82) is 0 Å². The lowest BCUT2D eigenvalue weighted by atomic mass is 9.76. The van der Waals surface area contributed by atoms with Gasteiger partial charge >= 0.3 is 0 Å². The van der Waals surface area contributed by atoms with Crippen LogP contribution in [-0.4, -0.2) is 13.3 Å². The molecule has 0 bridgehead atoms. The molecule has 1 aromatic rings. The second-order valence-electron chi connectivity index (χ2n) is 5.43. The van der Waals surface area contributed by atoms with E-state index in [1.165, 1.54) is 31.2 Å². The van der Waals surface area contributed by atoms with Crippen LogP contribution >= 0.6 is 0 Å². The summed E-state index contributed by atoms with van der Waals surface area (Å²) in [7, 11) is 0. The van der Waals surface area contributed by atoms with Crippen LogP contribution in [-0.2, 0) is 6.42 Å². The number of benzene rings is 1. The molecule has 2 unspecified atom stereocenters. The SMILES string of the molecule is NCC1CCCCC1Cc1ccc2c(c1)OCO2. The molecule has 2 N–H and O–H groups in total. The Morgan fingerprint density at radius 3 is 2.67 bits per heavy atom. The van der Waals surface area contributed by atoms with Crippen molar-refractivity contribution in [3.8, 4) is 11.5 Å². The first-order valence-corrected chi connectivity index (χ1v) is 6.95. The highest BCUT2D eigenvalue weighted by molar-refractivity contribution is 5.44. The molecule has 1 aliphatic carbocycles. The van der Waals surface area contributed by atoms with Gasteiger partial charge in [-0.1, -0.05) is 18.9 Å². The minimum atomic E-state index is 0.355. The molecule has 1 saturated carbocycles. The molecule has 2 atom stereocenters. The van der Waals surface area contributed by atoms with Gasteiger partial charge in [0.05, 0.1) is 0 Å². The maximum absolute atomic E-state index is 5.89. The fraction of sp³-hybridized carbons (Fsp3) is 0.600. The van der Waals surface area contributed by atoms with Crippen LogP contribution in [0.5, 0.6) is 11.5 Å². The second-order valence-corrected chi connectivity index (χ2v) is 5.43. The third-order valence-electron chi connectivity index (χ3n) is 4.30. The fourth-order valence-corrected chi connectivity index (χ4v) is 3.23. The summed E-state index contributed by atoms with van der Waals surface area (Å²) in [6.07, 6.45) is 6.44. The maximum Gasteiger partial charge on any atom is 0.231 e. The van der Waals surface area contributed by atoms with Crippen molar-refractivity contribution < 1.29 is 9.47 Å². The number of fused-ring (bicyclic) bond motifs is 1. The minimum absolute atomic E-state index is 0.355. The summed E-state index contributed by atoms with van der Waals surface area (Å²) in [5.41, 5.74) is 7.24. The summed E-state index contributed by atoms with van der Waals surface area (Å²) >= 11 is 0. The molecule has 0 spiro atoms. The molecule has 1 heterocycles. The first-order valence-electron chi connectivity index (χ1n) is 6.95. The van der Waals surface area contributed by atoms with Crippen molar-refractivity contribution in [3.05, 3.63) is 23.8 Å². The lowest BCUT2D eigenvalue weighted by Gasteiger charge is -2.30. The summed E-state index contributed by atoms with van der Waals surface area (Å²) < 4.78 is 10.8. The van der Waals surface area contributed by atoms with Crippen molar-refractivity contribution in [2.45, 2.75) is 32.1 Å². The summed E-state index contributed by atoms with van der Waals surface area (Å²) in [5, 5.41) is 0. The average molecular weight is 247 g/mol. The van der Waals surface area contributed by atoms with E-state index in [1.54, 1.807) is 0 Å². The Morgan fingerprint density at radius 2 is 1.83 bits per heavy atom. The smallest absolute Gasteiger partial charge is 0.231 e. The molecule has 3 nitrogen and oxygen atoms in total. The highest BCUT2D eigenvalue weighted by atomic mass is 16.7. The molecule has 1 aliphatic heterocycles. The summed E-state index contributed by atoms with van der Waals surface area (Å²) in [5.74, 6) is 3.21. The van der Waals surface area contributed by atoms with Crippen molar-refractivity contribution >= 4 is 0 Å². The molecular formula is C15H21NO2. The highest BCUT2D eigenvalue weighted by Gasteiger charge is 2.24. The van der Waals surface area contributed by atoms with Gasteiger partial charge in [0.1, 0.15) is 0 Å². The zero-order valence-corrected chi connectivity index (χ0v) is 10.7. The number of rotatable bonds is 3. The fourth-order valence-electron chi connectivity index (χ4n) is 3.23. The predicted octanol–water partition coefficient (Wildman–Crippen LogP) is 2.72. The summed E-state index contributed by atoms with van der Waals surface area (Å²) in [4.78, 5) is 0. The molecule has 1 fully saturated rings. The molecule has 2 aliphatic rings. The third kappa shape index (κ3) is 2.32. The van der Waals surface area contributed by atoms with Crippen molar-refractivity contribution in [2.24, 2.45) is 17.6 Å². The van der Waals surface area contributed by atoms with Gasteiger partial charge in [-0.2, -0.15) is 0 Å². The standard InChI is InChI=1S/C15H21NO2/c16-9-13-4-2-1-3-12(13)7-11-5-6-14-15(8-11)18-10-17-14/h5-6,8,12-13H,1-4,7,9-10,16H2. The summed E-state index contributed by atoms with van der Waals surface area (Å²) in [6.45, 7) is 1.18. The quantitative estimate of drug-likeness (QED) is 0.893. The number of ether oxygens (including phenoxy) is 2. The molecule has 1 aromatic carbocycles. The lowest BCUT2D eigenvalue weighted by molar-refractivity contribution is 0.174. The molecule has 3 rings (SSSR count). The lowest BCUT2D eigenvalue weighted by Crippen LogP contribution is -2.28. The Hall–Kier alpha value is -1.22. The second kappa shape index (κ2) is 5.19. The number of hydrogen-bond acceptors (Lipinski definition) is 3. The van der Waals surface area contributed by atoms with E-state index in [0.717, 1.165) is 30.4 Å². The van der Waals surface area contributed by atoms with E-state index in [2.05, 4.69) is 12.1 Å². The van der Waals surface area contributed by atoms with Crippen LogP contribution in [0.2, 0.25) is 0 Å². The first kappa shape index (κ1) is 11.8. The minimum Gasteiger partial charge on any atom is -0.454 e. The third-order valence-corrected chi connectivity index (χ3v) is 4.30. The van der Waals surface area contributed by atoms with Crippen LogP contribution in [0, 0.1) is 11.8 Å². The Labute approximate surface area is 108 Å². The zero-order valence-electron chi connectivity index (χ0n) is 10.7. The van der Waals surface area contributed by atoms with Gasteiger partial charge in [0.2, 0.25) is 6.79 Å². The number of nitrogens with two attached hydrogens (primary N) is 1. The molecule has 3 heteroatoms. The monoisotopic (exact) mass is 247 g/mol. The Balaban J connectivity index is 1.71. The molecule has 0 amide bonds. The Kier molecular flexibility index (Phi) is 3.41. The summed E-state index contributed by atoms with van der Waals surface area (Å²) in [6, 6.07) is 6.32. The number of hydrogen-bond donors (Lipinski definition) is 1. The van der Waals surface area contributed by atoms with E-state index in [-0.39, 0.29) is 0 Å². The largest absolute Gasteiger partial charge is 0.454 e. The average Bonchev–Trinajstić information content (AvgIpc) is 2.87. The normalized spacial score (nSPS) is 26.3. The van der Waals surface area contributed by atoms with Crippen LogP contribution in [0.1, 0.15) is 31.2 Å². The van der Waals surface area contributed by atoms with E-state index in [1.807, 2.05) is 6.07 Å². The van der Waals surface area contributed by atoms with Gasteiger partial charge in [0, 0.05) is 0 Å². The Bertz CT molecular complexity index is 419. The van der Waals surface area contributed by atoms with Gasteiger partial charge in [0.15, 0.2) is 11.5 Å². The Morgan fingerprint density at radius 1 is 1.06 bits per heavy atom. The first-order chi connectivity index (χ1) is 8.86. The van der Waals surface area contributed by atoms with Gasteiger partial charge in [-0.3, -0.25) is 0 Å². The van der Waals surface area contributed by atoms with Crippen LogP contribution < -0.4 is 15.2 Å². The molecule has 0 aromatic heterocycles. The van der Waals surface area contributed by atoms with Gasteiger partial charge in [-0.05, 0) is 55.3 Å². The van der Waals surface area contributed by atoms with E-state index in [0.29, 0.717) is 12.7 Å². The zero-order chi connectivity index (χ0) is 12.4. The van der Waals surface area contributed by atoms with Crippen LogP contribution in [0.25, 0.3) is 0 Å².